The number of hydrogen-bond donors (Lipinski definition) is 1. The summed E-state index contributed by atoms with van der Waals surface area (Å²) in [6.07, 6.45) is 0.160. The SMILES string of the molecule is COC(=O)NCCc1cc(-c2ccccc2)on1. The van der Waals surface area contributed by atoms with Gasteiger partial charge in [0.05, 0.1) is 12.8 Å². The highest BCUT2D eigenvalue weighted by Crippen LogP contribution is 2.19. The van der Waals surface area contributed by atoms with Crippen molar-refractivity contribution in [2.45, 2.75) is 6.42 Å². The zero-order valence-electron chi connectivity index (χ0n) is 10.1. The average molecular weight is 246 g/mol. The molecule has 1 aromatic heterocycles. The second kappa shape index (κ2) is 5.86. The van der Waals surface area contributed by atoms with Gasteiger partial charge in [-0.15, -0.1) is 0 Å². The molecule has 0 spiro atoms. The number of hydrogen-bond acceptors (Lipinski definition) is 4. The van der Waals surface area contributed by atoms with Gasteiger partial charge in [0.15, 0.2) is 5.76 Å². The smallest absolute Gasteiger partial charge is 0.406 e. The van der Waals surface area contributed by atoms with Gasteiger partial charge in [-0.25, -0.2) is 4.79 Å². The molecular weight excluding hydrogens is 232 g/mol. The highest BCUT2D eigenvalue weighted by molar-refractivity contribution is 5.66. The first kappa shape index (κ1) is 12.2. The zero-order chi connectivity index (χ0) is 12.8. The molecule has 0 aliphatic carbocycles. The van der Waals surface area contributed by atoms with Gasteiger partial charge < -0.3 is 14.6 Å². The van der Waals surface area contributed by atoms with E-state index in [-0.39, 0.29) is 0 Å². The van der Waals surface area contributed by atoms with Gasteiger partial charge in [-0.05, 0) is 0 Å². The minimum absolute atomic E-state index is 0.443. The fourth-order valence-electron chi connectivity index (χ4n) is 1.53. The van der Waals surface area contributed by atoms with Crippen LogP contribution in [0.25, 0.3) is 11.3 Å². The second-order valence-electron chi connectivity index (χ2n) is 3.72. The normalized spacial score (nSPS) is 10.1. The lowest BCUT2D eigenvalue weighted by atomic mass is 10.1. The van der Waals surface area contributed by atoms with E-state index in [1.807, 2.05) is 36.4 Å². The summed E-state index contributed by atoms with van der Waals surface area (Å²) in [6, 6.07) is 11.6. The molecule has 0 bridgehead atoms. The van der Waals surface area contributed by atoms with Gasteiger partial charge in [-0.1, -0.05) is 35.5 Å². The van der Waals surface area contributed by atoms with Crippen LogP contribution in [0.1, 0.15) is 5.69 Å². The number of rotatable bonds is 4. The number of aromatic nitrogens is 1. The maximum Gasteiger partial charge on any atom is 0.406 e. The number of benzene rings is 1. The predicted octanol–water partition coefficient (Wildman–Crippen LogP) is 2.24. The molecule has 1 aromatic carbocycles. The average Bonchev–Trinajstić information content (AvgIpc) is 2.88. The zero-order valence-corrected chi connectivity index (χ0v) is 10.1. The van der Waals surface area contributed by atoms with Crippen LogP contribution in [0.5, 0.6) is 0 Å². The predicted molar refractivity (Wildman–Crippen MR) is 66.1 cm³/mol. The highest BCUT2D eigenvalue weighted by Gasteiger charge is 2.06. The van der Waals surface area contributed by atoms with Crippen LogP contribution in [0.2, 0.25) is 0 Å². The number of amides is 1. The Hall–Kier alpha value is -2.30. The topological polar surface area (TPSA) is 64.4 Å². The van der Waals surface area contributed by atoms with Crippen LogP contribution in [0.4, 0.5) is 4.79 Å². The molecule has 5 nitrogen and oxygen atoms in total. The molecule has 18 heavy (non-hydrogen) atoms. The fraction of sp³-hybridized carbons (Fsp3) is 0.231. The number of carbonyl (C=O) groups is 1. The van der Waals surface area contributed by atoms with Gasteiger partial charge >= 0.3 is 6.09 Å². The Bertz CT molecular complexity index is 508. The fourth-order valence-corrected chi connectivity index (χ4v) is 1.53. The van der Waals surface area contributed by atoms with Gasteiger partial charge in [0.1, 0.15) is 0 Å². The standard InChI is InChI=1S/C13H14N2O3/c1-17-13(16)14-8-7-11-9-12(18-15-11)10-5-3-2-4-6-10/h2-6,9H,7-8H2,1H3,(H,14,16). The first-order valence-electron chi connectivity index (χ1n) is 5.62. The molecular formula is C13H14N2O3. The van der Waals surface area contributed by atoms with Crippen molar-refractivity contribution in [2.24, 2.45) is 0 Å². The Kier molecular flexibility index (Phi) is 3.96. The van der Waals surface area contributed by atoms with Crippen LogP contribution in [-0.4, -0.2) is 24.9 Å². The molecule has 0 unspecified atom stereocenters. The molecule has 2 rings (SSSR count). The van der Waals surface area contributed by atoms with Crippen LogP contribution in [0.3, 0.4) is 0 Å². The highest BCUT2D eigenvalue weighted by atomic mass is 16.5. The summed E-state index contributed by atoms with van der Waals surface area (Å²) in [6.45, 7) is 0.466. The van der Waals surface area contributed by atoms with Crippen LogP contribution >= 0.6 is 0 Å². The summed E-state index contributed by atoms with van der Waals surface area (Å²) in [5, 5.41) is 6.54. The lowest BCUT2D eigenvalue weighted by molar-refractivity contribution is 0.171. The number of alkyl carbamates (subject to hydrolysis) is 1. The number of nitrogens with one attached hydrogen (secondary N) is 1. The lowest BCUT2D eigenvalue weighted by Crippen LogP contribution is -2.25. The third-order valence-corrected chi connectivity index (χ3v) is 2.45. The minimum atomic E-state index is -0.443. The van der Waals surface area contributed by atoms with Gasteiger partial charge in [-0.2, -0.15) is 0 Å². The molecule has 1 heterocycles. The van der Waals surface area contributed by atoms with Crippen molar-refractivity contribution < 1.29 is 14.1 Å². The Morgan fingerprint density at radius 3 is 2.89 bits per heavy atom. The van der Waals surface area contributed by atoms with Crippen molar-refractivity contribution in [3.8, 4) is 11.3 Å². The summed E-state index contributed by atoms with van der Waals surface area (Å²) in [5.41, 5.74) is 1.78. The molecule has 0 fully saturated rings. The Morgan fingerprint density at radius 2 is 2.17 bits per heavy atom. The first-order chi connectivity index (χ1) is 8.79. The van der Waals surface area contributed by atoms with Crippen LogP contribution < -0.4 is 5.32 Å². The van der Waals surface area contributed by atoms with E-state index in [0.717, 1.165) is 17.0 Å². The van der Waals surface area contributed by atoms with E-state index in [1.165, 1.54) is 7.11 Å². The Balaban J connectivity index is 1.93. The van der Waals surface area contributed by atoms with Crippen LogP contribution in [-0.2, 0) is 11.2 Å². The summed E-state index contributed by atoms with van der Waals surface area (Å²) in [5.74, 6) is 0.726. The number of carbonyl (C=O) groups excluding carboxylic acids is 1. The van der Waals surface area contributed by atoms with E-state index in [9.17, 15) is 4.79 Å². The van der Waals surface area contributed by atoms with E-state index >= 15 is 0 Å². The largest absolute Gasteiger partial charge is 0.453 e. The van der Waals surface area contributed by atoms with Crippen molar-refractivity contribution in [3.63, 3.8) is 0 Å². The quantitative estimate of drug-likeness (QED) is 0.898. The maximum absolute atomic E-state index is 10.9. The third kappa shape index (κ3) is 3.10. The van der Waals surface area contributed by atoms with E-state index < -0.39 is 6.09 Å². The Morgan fingerprint density at radius 1 is 1.39 bits per heavy atom. The van der Waals surface area contributed by atoms with Gasteiger partial charge in [0.25, 0.3) is 0 Å². The summed E-state index contributed by atoms with van der Waals surface area (Å²) in [7, 11) is 1.33. The lowest BCUT2D eigenvalue weighted by Gasteiger charge is -2.00. The van der Waals surface area contributed by atoms with Crippen molar-refractivity contribution in [1.29, 1.82) is 0 Å². The van der Waals surface area contributed by atoms with Crippen LogP contribution in [0.15, 0.2) is 40.9 Å². The minimum Gasteiger partial charge on any atom is -0.453 e. The number of ether oxygens (including phenoxy) is 1. The first-order valence-corrected chi connectivity index (χ1v) is 5.62. The summed E-state index contributed by atoms with van der Waals surface area (Å²) < 4.78 is 9.71. The molecule has 5 heteroatoms. The number of methoxy groups -OCH3 is 1. The monoisotopic (exact) mass is 246 g/mol. The van der Waals surface area contributed by atoms with E-state index in [4.69, 9.17) is 4.52 Å². The molecule has 0 atom stereocenters. The molecule has 0 aliphatic heterocycles. The number of nitrogens with zero attached hydrogens (tertiary/aromatic N) is 1. The molecule has 2 aromatic rings. The third-order valence-electron chi connectivity index (χ3n) is 2.45. The molecule has 94 valence electrons. The molecule has 0 aliphatic rings. The van der Waals surface area contributed by atoms with E-state index in [1.54, 1.807) is 0 Å². The summed E-state index contributed by atoms with van der Waals surface area (Å²) in [4.78, 5) is 10.9. The summed E-state index contributed by atoms with van der Waals surface area (Å²) >= 11 is 0. The molecule has 0 saturated carbocycles. The molecule has 0 saturated heterocycles. The van der Waals surface area contributed by atoms with Gasteiger partial charge in [0.2, 0.25) is 0 Å². The van der Waals surface area contributed by atoms with Crippen molar-refractivity contribution in [3.05, 3.63) is 42.1 Å². The van der Waals surface area contributed by atoms with Gasteiger partial charge in [0, 0.05) is 24.6 Å². The van der Waals surface area contributed by atoms with Crippen molar-refractivity contribution in [1.82, 2.24) is 10.5 Å². The van der Waals surface area contributed by atoms with E-state index in [2.05, 4.69) is 15.2 Å². The van der Waals surface area contributed by atoms with Crippen molar-refractivity contribution in [2.75, 3.05) is 13.7 Å². The molecule has 1 amide bonds. The molecule has 1 N–H and O–H groups in total. The van der Waals surface area contributed by atoms with Crippen molar-refractivity contribution >= 4 is 6.09 Å². The Labute approximate surface area is 105 Å². The second-order valence-corrected chi connectivity index (χ2v) is 3.72. The molecule has 0 radical (unpaired) electrons. The van der Waals surface area contributed by atoms with Crippen LogP contribution in [0, 0.1) is 0 Å². The maximum atomic E-state index is 10.9. The van der Waals surface area contributed by atoms with E-state index in [0.29, 0.717) is 13.0 Å². The van der Waals surface area contributed by atoms with Gasteiger partial charge in [-0.3, -0.25) is 0 Å².